The molecule has 0 bridgehead atoms. The monoisotopic (exact) mass is 359 g/mol. The Morgan fingerprint density at radius 3 is 2.67 bits per heavy atom. The Morgan fingerprint density at radius 2 is 2.00 bits per heavy atom. The van der Waals surface area contributed by atoms with Crippen molar-refractivity contribution in [3.8, 4) is 6.07 Å². The van der Waals surface area contributed by atoms with Crippen LogP contribution in [0.5, 0.6) is 0 Å². The number of nitrogens with zero attached hydrogens (tertiary/aromatic N) is 3. The second kappa shape index (κ2) is 5.43. The summed E-state index contributed by atoms with van der Waals surface area (Å²) in [5, 5.41) is 14.1. The van der Waals surface area contributed by atoms with Crippen LogP contribution in [0, 0.1) is 18.3 Å². The lowest BCUT2D eigenvalue weighted by molar-refractivity contribution is 0.673. The number of benzene rings is 2. The molecular formula is C15H10BrN3OS. The lowest BCUT2D eigenvalue weighted by atomic mass is 10.1. The van der Waals surface area contributed by atoms with Crippen molar-refractivity contribution in [3.05, 3.63) is 58.2 Å². The molecule has 0 fully saturated rings. The zero-order valence-corrected chi connectivity index (χ0v) is 13.5. The summed E-state index contributed by atoms with van der Waals surface area (Å²) >= 11 is 3.37. The van der Waals surface area contributed by atoms with Gasteiger partial charge in [0, 0.05) is 9.86 Å². The molecule has 104 valence electrons. The molecule has 0 saturated heterocycles. The maximum absolute atomic E-state index is 12.7. The van der Waals surface area contributed by atoms with E-state index in [4.69, 9.17) is 0 Å². The Labute approximate surface area is 132 Å². The van der Waals surface area contributed by atoms with Crippen molar-refractivity contribution in [2.45, 2.75) is 11.8 Å². The first-order valence-electron chi connectivity index (χ1n) is 6.16. The van der Waals surface area contributed by atoms with Gasteiger partial charge >= 0.3 is 0 Å². The van der Waals surface area contributed by atoms with E-state index in [2.05, 4.69) is 27.1 Å². The van der Waals surface area contributed by atoms with Crippen molar-refractivity contribution >= 4 is 37.8 Å². The Hall–Kier alpha value is -1.97. The van der Waals surface area contributed by atoms with Gasteiger partial charge < -0.3 is 0 Å². The molecule has 0 aliphatic heterocycles. The number of rotatable bonds is 2. The highest BCUT2D eigenvalue weighted by atomic mass is 79.9. The quantitative estimate of drug-likeness (QED) is 0.702. The first kappa shape index (κ1) is 14.0. The number of aromatic nitrogens is 2. The third-order valence-electron chi connectivity index (χ3n) is 3.12. The molecule has 1 aromatic heterocycles. The van der Waals surface area contributed by atoms with Crippen molar-refractivity contribution in [1.29, 1.82) is 5.26 Å². The maximum Gasteiger partial charge on any atom is 0.173 e. The van der Waals surface area contributed by atoms with Crippen LogP contribution >= 0.6 is 15.9 Å². The number of hydrogen-bond acceptors (Lipinski definition) is 3. The van der Waals surface area contributed by atoms with Crippen LogP contribution in [-0.4, -0.2) is 13.4 Å². The van der Waals surface area contributed by atoms with E-state index in [1.165, 1.54) is 4.09 Å². The smallest absolute Gasteiger partial charge is 0.173 e. The zero-order valence-electron chi connectivity index (χ0n) is 11.1. The molecule has 1 atom stereocenters. The molecule has 3 aromatic rings. The maximum atomic E-state index is 12.7. The van der Waals surface area contributed by atoms with Crippen molar-refractivity contribution < 1.29 is 4.21 Å². The summed E-state index contributed by atoms with van der Waals surface area (Å²) in [6, 6.07) is 13.1. The molecular weight excluding hydrogens is 350 g/mol. The van der Waals surface area contributed by atoms with Crippen molar-refractivity contribution in [2.24, 2.45) is 0 Å². The van der Waals surface area contributed by atoms with Gasteiger partial charge in [-0.1, -0.05) is 33.6 Å². The SMILES string of the molecule is Cc1ccc(S(=O)n2ncc3c(C#N)cc(Br)cc32)cc1. The molecule has 0 radical (unpaired) electrons. The Morgan fingerprint density at radius 1 is 1.29 bits per heavy atom. The minimum atomic E-state index is -1.44. The number of hydrogen-bond donors (Lipinski definition) is 0. The van der Waals surface area contributed by atoms with E-state index in [-0.39, 0.29) is 0 Å². The van der Waals surface area contributed by atoms with E-state index in [0.717, 1.165) is 10.0 Å². The predicted octanol–water partition coefficient (Wildman–Crippen LogP) is 3.55. The van der Waals surface area contributed by atoms with Crippen LogP contribution in [0.3, 0.4) is 0 Å². The second-order valence-electron chi connectivity index (χ2n) is 4.58. The molecule has 0 amide bonds. The highest BCUT2D eigenvalue weighted by molar-refractivity contribution is 9.10. The molecule has 3 rings (SSSR count). The molecule has 1 heterocycles. The summed E-state index contributed by atoms with van der Waals surface area (Å²) in [7, 11) is -1.44. The lowest BCUT2D eigenvalue weighted by Crippen LogP contribution is -2.06. The Kier molecular flexibility index (Phi) is 3.62. The normalized spacial score (nSPS) is 12.2. The third kappa shape index (κ3) is 2.50. The fourth-order valence-electron chi connectivity index (χ4n) is 2.05. The topological polar surface area (TPSA) is 58.7 Å². The number of aryl methyl sites for hydroxylation is 1. The van der Waals surface area contributed by atoms with E-state index in [1.54, 1.807) is 12.3 Å². The molecule has 0 saturated carbocycles. The Bertz CT molecular complexity index is 894. The van der Waals surface area contributed by atoms with Crippen LogP contribution in [0.25, 0.3) is 10.9 Å². The first-order chi connectivity index (χ1) is 10.1. The standard InChI is InChI=1S/C15H10BrN3OS/c1-10-2-4-13(5-3-10)21(20)19-15-7-12(16)6-11(8-17)14(15)9-18-19/h2-7,9H,1H3. The molecule has 21 heavy (non-hydrogen) atoms. The number of halogens is 1. The second-order valence-corrected chi connectivity index (χ2v) is 6.81. The summed E-state index contributed by atoms with van der Waals surface area (Å²) in [5.74, 6) is 0. The zero-order chi connectivity index (χ0) is 15.0. The van der Waals surface area contributed by atoms with Crippen LogP contribution in [0.2, 0.25) is 0 Å². The molecule has 1 unspecified atom stereocenters. The summed E-state index contributed by atoms with van der Waals surface area (Å²) in [5.41, 5.74) is 2.28. The van der Waals surface area contributed by atoms with E-state index in [9.17, 15) is 9.47 Å². The van der Waals surface area contributed by atoms with Crippen LogP contribution in [0.15, 0.2) is 52.0 Å². The minimum Gasteiger partial charge on any atom is -0.229 e. The van der Waals surface area contributed by atoms with Crippen LogP contribution < -0.4 is 0 Å². The average molecular weight is 360 g/mol. The van der Waals surface area contributed by atoms with Crippen molar-refractivity contribution in [3.63, 3.8) is 0 Å². The molecule has 2 aromatic carbocycles. The van der Waals surface area contributed by atoms with E-state index < -0.39 is 11.0 Å². The van der Waals surface area contributed by atoms with Crippen molar-refractivity contribution in [2.75, 3.05) is 0 Å². The van der Waals surface area contributed by atoms with Crippen LogP contribution in [0.1, 0.15) is 11.1 Å². The number of fused-ring (bicyclic) bond motifs is 1. The van der Waals surface area contributed by atoms with Gasteiger partial charge in [-0.3, -0.25) is 0 Å². The third-order valence-corrected chi connectivity index (χ3v) is 4.86. The van der Waals surface area contributed by atoms with Gasteiger partial charge in [-0.15, -0.1) is 0 Å². The van der Waals surface area contributed by atoms with E-state index in [0.29, 0.717) is 21.4 Å². The summed E-state index contributed by atoms with van der Waals surface area (Å²) in [6.07, 6.45) is 1.58. The molecule has 0 spiro atoms. The highest BCUT2D eigenvalue weighted by Crippen LogP contribution is 2.25. The predicted molar refractivity (Wildman–Crippen MR) is 85.1 cm³/mol. The molecule has 0 aliphatic carbocycles. The van der Waals surface area contributed by atoms with Gasteiger partial charge in [0.05, 0.1) is 28.2 Å². The largest absolute Gasteiger partial charge is 0.229 e. The van der Waals surface area contributed by atoms with Gasteiger partial charge in [-0.2, -0.15) is 14.4 Å². The van der Waals surface area contributed by atoms with E-state index in [1.807, 2.05) is 37.3 Å². The van der Waals surface area contributed by atoms with Gasteiger partial charge in [0.2, 0.25) is 0 Å². The molecule has 4 nitrogen and oxygen atoms in total. The van der Waals surface area contributed by atoms with Crippen LogP contribution in [0.4, 0.5) is 0 Å². The van der Waals surface area contributed by atoms with Gasteiger partial charge in [0.15, 0.2) is 11.0 Å². The molecule has 6 heteroatoms. The Balaban J connectivity index is 2.17. The molecule has 0 N–H and O–H groups in total. The van der Waals surface area contributed by atoms with Gasteiger partial charge in [-0.25, -0.2) is 4.21 Å². The van der Waals surface area contributed by atoms with Gasteiger partial charge in [0.1, 0.15) is 0 Å². The van der Waals surface area contributed by atoms with Crippen molar-refractivity contribution in [1.82, 2.24) is 9.19 Å². The summed E-state index contributed by atoms with van der Waals surface area (Å²) in [4.78, 5) is 0.670. The average Bonchev–Trinajstić information content (AvgIpc) is 2.90. The van der Waals surface area contributed by atoms with Gasteiger partial charge in [0.25, 0.3) is 0 Å². The number of nitriles is 1. The fourth-order valence-corrected chi connectivity index (χ4v) is 3.53. The summed E-state index contributed by atoms with van der Waals surface area (Å²) < 4.78 is 14.9. The fraction of sp³-hybridized carbons (Fsp3) is 0.0667. The first-order valence-corrected chi connectivity index (χ1v) is 8.06. The van der Waals surface area contributed by atoms with Crippen LogP contribution in [-0.2, 0) is 11.0 Å². The van der Waals surface area contributed by atoms with Gasteiger partial charge in [-0.05, 0) is 31.2 Å². The highest BCUT2D eigenvalue weighted by Gasteiger charge is 2.14. The van der Waals surface area contributed by atoms with E-state index >= 15 is 0 Å². The lowest BCUT2D eigenvalue weighted by Gasteiger charge is -2.05. The minimum absolute atomic E-state index is 0.506. The summed E-state index contributed by atoms with van der Waals surface area (Å²) in [6.45, 7) is 1.98. The molecule has 0 aliphatic rings.